The number of nitrogens with zero attached hydrogens (tertiary/aromatic N) is 6. The topological polar surface area (TPSA) is 55.8 Å². The van der Waals surface area contributed by atoms with E-state index in [1.54, 1.807) is 6.33 Å². The summed E-state index contributed by atoms with van der Waals surface area (Å²) in [6.07, 6.45) is 7.13. The molecular formula is C23H38N6O. The van der Waals surface area contributed by atoms with E-state index in [2.05, 4.69) is 49.5 Å². The molecule has 0 bridgehead atoms. The van der Waals surface area contributed by atoms with E-state index in [-0.39, 0.29) is 0 Å². The predicted octanol–water partition coefficient (Wildman–Crippen LogP) is 2.48. The van der Waals surface area contributed by atoms with Crippen LogP contribution >= 0.6 is 0 Å². The van der Waals surface area contributed by atoms with Crippen molar-refractivity contribution in [2.24, 2.45) is 11.8 Å². The second-order valence-corrected chi connectivity index (χ2v) is 9.38. The van der Waals surface area contributed by atoms with Crippen LogP contribution in [0.4, 0.5) is 11.6 Å². The summed E-state index contributed by atoms with van der Waals surface area (Å²) in [7, 11) is 0. The second kappa shape index (κ2) is 9.94. The van der Waals surface area contributed by atoms with Crippen molar-refractivity contribution in [3.05, 3.63) is 12.4 Å². The lowest BCUT2D eigenvalue weighted by atomic mass is 9.93. The van der Waals surface area contributed by atoms with E-state index in [1.807, 2.05) is 0 Å². The Labute approximate surface area is 181 Å². The summed E-state index contributed by atoms with van der Waals surface area (Å²) in [4.78, 5) is 31.1. The van der Waals surface area contributed by atoms with E-state index in [1.165, 1.54) is 12.8 Å². The lowest BCUT2D eigenvalue weighted by molar-refractivity contribution is -0.134. The van der Waals surface area contributed by atoms with Crippen LogP contribution in [-0.2, 0) is 4.79 Å². The number of hydrogen-bond acceptors (Lipinski definition) is 6. The molecule has 3 aliphatic heterocycles. The molecule has 1 amide bonds. The number of carbonyl (C=O) groups excluding carboxylic acids is 1. The molecule has 0 saturated carbocycles. The summed E-state index contributed by atoms with van der Waals surface area (Å²) < 4.78 is 0. The monoisotopic (exact) mass is 414 g/mol. The predicted molar refractivity (Wildman–Crippen MR) is 121 cm³/mol. The van der Waals surface area contributed by atoms with Crippen molar-refractivity contribution in [1.82, 2.24) is 19.8 Å². The van der Waals surface area contributed by atoms with Crippen LogP contribution < -0.4 is 9.80 Å². The fourth-order valence-electron chi connectivity index (χ4n) is 5.14. The third-order valence-corrected chi connectivity index (χ3v) is 7.19. The zero-order valence-corrected chi connectivity index (χ0v) is 18.8. The van der Waals surface area contributed by atoms with Crippen LogP contribution in [0.5, 0.6) is 0 Å². The van der Waals surface area contributed by atoms with Crippen LogP contribution in [0.15, 0.2) is 12.4 Å². The lowest BCUT2D eigenvalue weighted by Crippen LogP contribution is -2.49. The van der Waals surface area contributed by atoms with Gasteiger partial charge in [0, 0.05) is 64.8 Å². The molecule has 3 fully saturated rings. The number of piperazine rings is 1. The third-order valence-electron chi connectivity index (χ3n) is 7.19. The Morgan fingerprint density at radius 1 is 0.967 bits per heavy atom. The summed E-state index contributed by atoms with van der Waals surface area (Å²) in [5.74, 6) is 3.69. The molecule has 1 aromatic rings. The molecule has 0 N–H and O–H groups in total. The minimum atomic E-state index is 0.354. The quantitative estimate of drug-likeness (QED) is 0.738. The molecule has 30 heavy (non-hydrogen) atoms. The lowest BCUT2D eigenvalue weighted by Gasteiger charge is -2.37. The maximum absolute atomic E-state index is 12.7. The van der Waals surface area contributed by atoms with Crippen molar-refractivity contribution in [3.63, 3.8) is 0 Å². The molecule has 0 aromatic carbocycles. The van der Waals surface area contributed by atoms with Crippen molar-refractivity contribution in [2.75, 3.05) is 68.7 Å². The number of carbonyl (C=O) groups is 1. The molecule has 3 saturated heterocycles. The van der Waals surface area contributed by atoms with Crippen LogP contribution in [-0.4, -0.2) is 84.6 Å². The Balaban J connectivity index is 1.26. The zero-order valence-electron chi connectivity index (χ0n) is 18.8. The largest absolute Gasteiger partial charge is 0.356 e. The van der Waals surface area contributed by atoms with E-state index in [4.69, 9.17) is 0 Å². The number of rotatable bonds is 5. The molecule has 0 aliphatic carbocycles. The van der Waals surface area contributed by atoms with Gasteiger partial charge < -0.3 is 19.6 Å². The first-order valence-corrected chi connectivity index (χ1v) is 11.9. The van der Waals surface area contributed by atoms with Gasteiger partial charge in [-0.1, -0.05) is 13.8 Å². The number of aromatic nitrogens is 2. The summed E-state index contributed by atoms with van der Waals surface area (Å²) in [5.41, 5.74) is 0. The smallest absolute Gasteiger partial charge is 0.222 e. The van der Waals surface area contributed by atoms with E-state index in [0.717, 1.165) is 89.3 Å². The number of piperidine rings is 2. The standard InChI is InChI=1S/C23H38N6O/c1-3-26-11-13-28(14-12-26)23(30)15-20-6-9-27(10-7-20)21-16-22(25-18-24-21)29-8-4-5-19(2)17-29/h16,18-20H,3-15,17H2,1-2H3. The number of amides is 1. The van der Waals surface area contributed by atoms with Gasteiger partial charge in [0.25, 0.3) is 0 Å². The van der Waals surface area contributed by atoms with Gasteiger partial charge in [0.1, 0.15) is 18.0 Å². The average molecular weight is 415 g/mol. The zero-order chi connectivity index (χ0) is 20.9. The maximum atomic E-state index is 12.7. The fourth-order valence-corrected chi connectivity index (χ4v) is 5.14. The Bertz CT molecular complexity index is 697. The Kier molecular flexibility index (Phi) is 7.08. The van der Waals surface area contributed by atoms with Crippen molar-refractivity contribution < 1.29 is 4.79 Å². The maximum Gasteiger partial charge on any atom is 0.222 e. The molecule has 4 rings (SSSR count). The number of likely N-dealkylation sites (N-methyl/N-ethyl adjacent to an activating group) is 1. The van der Waals surface area contributed by atoms with E-state index < -0.39 is 0 Å². The van der Waals surface area contributed by atoms with Gasteiger partial charge in [-0.2, -0.15) is 0 Å². The molecule has 4 heterocycles. The van der Waals surface area contributed by atoms with Crippen LogP contribution in [0.25, 0.3) is 0 Å². The van der Waals surface area contributed by atoms with Gasteiger partial charge in [0.2, 0.25) is 5.91 Å². The van der Waals surface area contributed by atoms with Crippen molar-refractivity contribution in [2.45, 2.75) is 46.0 Å². The highest BCUT2D eigenvalue weighted by atomic mass is 16.2. The molecule has 1 aromatic heterocycles. The van der Waals surface area contributed by atoms with Crippen LogP contribution in [0.3, 0.4) is 0 Å². The summed E-state index contributed by atoms with van der Waals surface area (Å²) in [6.45, 7) is 13.6. The van der Waals surface area contributed by atoms with Crippen LogP contribution in [0.1, 0.15) is 46.0 Å². The molecule has 3 aliphatic rings. The van der Waals surface area contributed by atoms with Gasteiger partial charge in [-0.25, -0.2) is 9.97 Å². The minimum absolute atomic E-state index is 0.354. The molecule has 0 spiro atoms. The number of hydrogen-bond donors (Lipinski definition) is 0. The first-order valence-electron chi connectivity index (χ1n) is 11.9. The number of anilines is 2. The van der Waals surface area contributed by atoms with Gasteiger partial charge in [-0.05, 0) is 44.1 Å². The van der Waals surface area contributed by atoms with E-state index in [9.17, 15) is 4.79 Å². The Morgan fingerprint density at radius 2 is 1.67 bits per heavy atom. The van der Waals surface area contributed by atoms with Gasteiger partial charge in [0.05, 0.1) is 0 Å². The van der Waals surface area contributed by atoms with Crippen molar-refractivity contribution in [1.29, 1.82) is 0 Å². The average Bonchev–Trinajstić information content (AvgIpc) is 2.80. The summed E-state index contributed by atoms with van der Waals surface area (Å²) in [6, 6.07) is 2.16. The van der Waals surface area contributed by atoms with Gasteiger partial charge in [-0.15, -0.1) is 0 Å². The molecule has 166 valence electrons. The van der Waals surface area contributed by atoms with Crippen LogP contribution in [0.2, 0.25) is 0 Å². The van der Waals surface area contributed by atoms with E-state index >= 15 is 0 Å². The highest BCUT2D eigenvalue weighted by molar-refractivity contribution is 5.76. The first-order chi connectivity index (χ1) is 14.6. The third kappa shape index (κ3) is 5.23. The first kappa shape index (κ1) is 21.3. The normalized spacial score (nSPS) is 24.3. The highest BCUT2D eigenvalue weighted by Gasteiger charge is 2.27. The molecule has 7 nitrogen and oxygen atoms in total. The van der Waals surface area contributed by atoms with Crippen molar-refractivity contribution >= 4 is 17.5 Å². The highest BCUT2D eigenvalue weighted by Crippen LogP contribution is 2.28. The van der Waals surface area contributed by atoms with Gasteiger partial charge in [-0.3, -0.25) is 4.79 Å². The van der Waals surface area contributed by atoms with Gasteiger partial charge >= 0.3 is 0 Å². The second-order valence-electron chi connectivity index (χ2n) is 9.38. The van der Waals surface area contributed by atoms with E-state index in [0.29, 0.717) is 18.2 Å². The van der Waals surface area contributed by atoms with Crippen molar-refractivity contribution in [3.8, 4) is 0 Å². The summed E-state index contributed by atoms with van der Waals surface area (Å²) >= 11 is 0. The molecule has 7 heteroatoms. The Morgan fingerprint density at radius 3 is 2.33 bits per heavy atom. The molecule has 1 unspecified atom stereocenters. The van der Waals surface area contributed by atoms with Crippen LogP contribution in [0, 0.1) is 11.8 Å². The molecule has 1 atom stereocenters. The molecular weight excluding hydrogens is 376 g/mol. The molecule has 0 radical (unpaired) electrons. The van der Waals surface area contributed by atoms with Gasteiger partial charge in [0.15, 0.2) is 0 Å². The fraction of sp³-hybridized carbons (Fsp3) is 0.783. The SMILES string of the molecule is CCN1CCN(C(=O)CC2CCN(c3cc(N4CCCC(C)C4)ncn3)CC2)CC1. The summed E-state index contributed by atoms with van der Waals surface area (Å²) in [5, 5.41) is 0. The minimum Gasteiger partial charge on any atom is -0.356 e. The Hall–Kier alpha value is -1.89.